The summed E-state index contributed by atoms with van der Waals surface area (Å²) in [6.45, 7) is 4.91. The summed E-state index contributed by atoms with van der Waals surface area (Å²) in [5.41, 5.74) is 5.36. The predicted octanol–water partition coefficient (Wildman–Crippen LogP) is 13.4. The quantitative estimate of drug-likeness (QED) is 0.0272. The monoisotopic (exact) mass is 784 g/mol. The fourth-order valence-corrected chi connectivity index (χ4v) is 7.00. The van der Waals surface area contributed by atoms with Crippen LogP contribution in [0.1, 0.15) is 206 Å². The van der Waals surface area contributed by atoms with Gasteiger partial charge in [0.1, 0.15) is 6.10 Å². The first-order valence-corrected chi connectivity index (χ1v) is 24.0. The minimum atomic E-state index is -4.27. The van der Waals surface area contributed by atoms with Gasteiger partial charge in [-0.2, -0.15) is 0 Å². The van der Waals surface area contributed by atoms with Crippen molar-refractivity contribution in [1.82, 2.24) is 0 Å². The number of ether oxygens (including phenoxy) is 2. The van der Waals surface area contributed by atoms with Gasteiger partial charge in [0.25, 0.3) is 0 Å². The Morgan fingerprint density at radius 2 is 0.981 bits per heavy atom. The molecule has 0 aliphatic carbocycles. The zero-order valence-corrected chi connectivity index (χ0v) is 36.1. The van der Waals surface area contributed by atoms with E-state index in [4.69, 9.17) is 24.3 Å². The van der Waals surface area contributed by atoms with Crippen LogP contribution in [0.5, 0.6) is 0 Å². The summed E-state index contributed by atoms with van der Waals surface area (Å²) in [7, 11) is -4.27. The Kier molecular flexibility index (Phi) is 41.8. The SMILES string of the molecule is CCCCCCC/C=C\C/C=C\C/C=C\CCCCCCCCCCCCC(=O)OC(COCCCCCCCCCCCC)COP(=O)(O)OCCN. The average Bonchev–Trinajstić information content (AvgIpc) is 3.16. The molecule has 9 heteroatoms. The molecule has 8 nitrogen and oxygen atoms in total. The maximum Gasteiger partial charge on any atom is 0.472 e. The van der Waals surface area contributed by atoms with E-state index in [2.05, 4.69) is 50.3 Å². The van der Waals surface area contributed by atoms with Crippen LogP contribution in [0, 0.1) is 0 Å². The minimum Gasteiger partial charge on any atom is -0.457 e. The second-order valence-electron chi connectivity index (χ2n) is 14.9. The maximum atomic E-state index is 12.6. The van der Waals surface area contributed by atoms with E-state index in [1.54, 1.807) is 0 Å². The number of hydrogen-bond donors (Lipinski definition) is 2. The first kappa shape index (κ1) is 52.7. The van der Waals surface area contributed by atoms with E-state index in [1.165, 1.54) is 141 Å². The number of carbonyl (C=O) groups excluding carboxylic acids is 1. The largest absolute Gasteiger partial charge is 0.472 e. The molecule has 3 N–H and O–H groups in total. The Morgan fingerprint density at radius 1 is 0.556 bits per heavy atom. The number of carbonyl (C=O) groups is 1. The average molecular weight is 784 g/mol. The molecule has 0 rings (SSSR count). The summed E-state index contributed by atoms with van der Waals surface area (Å²) < 4.78 is 33.4. The molecule has 2 unspecified atom stereocenters. The van der Waals surface area contributed by atoms with Crippen molar-refractivity contribution in [2.75, 3.05) is 33.0 Å². The molecule has 0 amide bonds. The normalized spacial score (nSPS) is 13.8. The standard InChI is InChI=1S/C45H86NO7P/c1-3-5-7-9-11-13-15-16-17-18-19-20-21-22-23-24-25-26-27-28-29-30-32-34-36-38-45(47)53-44(43-52-54(48,49)51-41-39-46)42-50-40-37-35-33-31-14-12-10-8-6-4-2/h15-16,18-19,21-22,44H,3-14,17,20,23-43,46H2,1-2H3,(H,48,49)/b16-15-,19-18-,22-21-. The van der Waals surface area contributed by atoms with Crippen LogP contribution in [0.3, 0.4) is 0 Å². The lowest BCUT2D eigenvalue weighted by molar-refractivity contribution is -0.154. The van der Waals surface area contributed by atoms with Gasteiger partial charge in [-0.1, -0.05) is 185 Å². The number of esters is 1. The van der Waals surface area contributed by atoms with E-state index in [0.717, 1.165) is 44.9 Å². The smallest absolute Gasteiger partial charge is 0.457 e. The van der Waals surface area contributed by atoms with Gasteiger partial charge in [-0.25, -0.2) is 4.57 Å². The van der Waals surface area contributed by atoms with Crippen LogP contribution in [0.4, 0.5) is 0 Å². The third-order valence-corrected chi connectivity index (χ3v) is 10.5. The fourth-order valence-electron chi connectivity index (χ4n) is 6.24. The number of hydrogen-bond acceptors (Lipinski definition) is 7. The Hall–Kier alpha value is -1.28. The molecular formula is C45H86NO7P. The van der Waals surface area contributed by atoms with Gasteiger partial charge in [-0.15, -0.1) is 0 Å². The van der Waals surface area contributed by atoms with Crippen molar-refractivity contribution in [2.24, 2.45) is 5.73 Å². The number of nitrogens with two attached hydrogens (primary N) is 1. The molecule has 2 atom stereocenters. The summed E-state index contributed by atoms with van der Waals surface area (Å²) in [6, 6.07) is 0. The van der Waals surface area contributed by atoms with E-state index in [0.29, 0.717) is 13.0 Å². The van der Waals surface area contributed by atoms with Crippen LogP contribution in [-0.2, 0) is 27.9 Å². The van der Waals surface area contributed by atoms with Crippen molar-refractivity contribution < 1.29 is 32.8 Å². The number of unbranched alkanes of at least 4 members (excludes halogenated alkanes) is 24. The summed E-state index contributed by atoms with van der Waals surface area (Å²) in [5, 5.41) is 0. The molecule has 0 saturated heterocycles. The zero-order valence-electron chi connectivity index (χ0n) is 35.2. The minimum absolute atomic E-state index is 0.0954. The molecule has 0 spiro atoms. The highest BCUT2D eigenvalue weighted by molar-refractivity contribution is 7.47. The van der Waals surface area contributed by atoms with Crippen molar-refractivity contribution in [3.05, 3.63) is 36.5 Å². The summed E-state index contributed by atoms with van der Waals surface area (Å²) in [6.07, 6.45) is 48.8. The molecule has 0 aromatic heterocycles. The fraction of sp³-hybridized carbons (Fsp3) is 0.844. The molecule has 0 aliphatic rings. The second kappa shape index (κ2) is 42.9. The van der Waals surface area contributed by atoms with Gasteiger partial charge in [0, 0.05) is 19.6 Å². The molecule has 0 bridgehead atoms. The van der Waals surface area contributed by atoms with Crippen LogP contribution < -0.4 is 5.73 Å². The topological polar surface area (TPSA) is 117 Å². The van der Waals surface area contributed by atoms with Crippen molar-refractivity contribution in [2.45, 2.75) is 213 Å². The van der Waals surface area contributed by atoms with Crippen LogP contribution >= 0.6 is 7.82 Å². The van der Waals surface area contributed by atoms with Crippen LogP contribution in [0.15, 0.2) is 36.5 Å². The van der Waals surface area contributed by atoms with E-state index in [1.807, 2.05) is 0 Å². The third-order valence-electron chi connectivity index (χ3n) is 9.56. The first-order valence-electron chi connectivity index (χ1n) is 22.5. The molecule has 54 heavy (non-hydrogen) atoms. The molecule has 318 valence electrons. The van der Waals surface area contributed by atoms with Gasteiger partial charge in [0.2, 0.25) is 0 Å². The highest BCUT2D eigenvalue weighted by Gasteiger charge is 2.25. The molecular weight excluding hydrogens is 697 g/mol. The van der Waals surface area contributed by atoms with E-state index in [9.17, 15) is 14.3 Å². The molecule has 0 fully saturated rings. The van der Waals surface area contributed by atoms with Crippen molar-refractivity contribution in [3.8, 4) is 0 Å². The molecule has 0 aromatic rings. The van der Waals surface area contributed by atoms with Gasteiger partial charge in [0.05, 0.1) is 19.8 Å². The molecule has 0 saturated carbocycles. The lowest BCUT2D eigenvalue weighted by Gasteiger charge is -2.20. The van der Waals surface area contributed by atoms with E-state index in [-0.39, 0.29) is 32.3 Å². The van der Waals surface area contributed by atoms with E-state index < -0.39 is 13.9 Å². The van der Waals surface area contributed by atoms with Crippen molar-refractivity contribution in [1.29, 1.82) is 0 Å². The Balaban J connectivity index is 3.92. The number of allylic oxidation sites excluding steroid dienone is 6. The summed E-state index contributed by atoms with van der Waals surface area (Å²) in [5.74, 6) is -0.334. The first-order chi connectivity index (χ1) is 26.4. The van der Waals surface area contributed by atoms with Crippen LogP contribution in [-0.4, -0.2) is 49.9 Å². The number of rotatable bonds is 43. The predicted molar refractivity (Wildman–Crippen MR) is 229 cm³/mol. The molecule has 0 heterocycles. The lowest BCUT2D eigenvalue weighted by Crippen LogP contribution is -2.28. The maximum absolute atomic E-state index is 12.6. The Bertz CT molecular complexity index is 926. The second-order valence-corrected chi connectivity index (χ2v) is 16.4. The van der Waals surface area contributed by atoms with Gasteiger partial charge in [-0.3, -0.25) is 13.8 Å². The van der Waals surface area contributed by atoms with E-state index >= 15 is 0 Å². The van der Waals surface area contributed by atoms with Gasteiger partial charge < -0.3 is 20.1 Å². The van der Waals surface area contributed by atoms with Gasteiger partial charge in [0.15, 0.2) is 0 Å². The summed E-state index contributed by atoms with van der Waals surface area (Å²) in [4.78, 5) is 22.5. The third kappa shape index (κ3) is 41.9. The molecule has 0 aromatic carbocycles. The van der Waals surface area contributed by atoms with Crippen LogP contribution in [0.25, 0.3) is 0 Å². The van der Waals surface area contributed by atoms with Gasteiger partial charge >= 0.3 is 13.8 Å². The zero-order chi connectivity index (χ0) is 39.5. The Morgan fingerprint density at radius 3 is 1.46 bits per heavy atom. The summed E-state index contributed by atoms with van der Waals surface area (Å²) >= 11 is 0. The van der Waals surface area contributed by atoms with Crippen LogP contribution in [0.2, 0.25) is 0 Å². The molecule has 0 aliphatic heterocycles. The number of phosphoric acid groups is 1. The lowest BCUT2D eigenvalue weighted by atomic mass is 10.0. The number of phosphoric ester groups is 1. The molecule has 0 radical (unpaired) electrons. The van der Waals surface area contributed by atoms with Gasteiger partial charge in [-0.05, 0) is 51.4 Å². The van der Waals surface area contributed by atoms with Crippen molar-refractivity contribution >= 4 is 13.8 Å². The highest BCUT2D eigenvalue weighted by Crippen LogP contribution is 2.43. The van der Waals surface area contributed by atoms with Crippen molar-refractivity contribution in [3.63, 3.8) is 0 Å². The Labute approximate surface area is 333 Å². The highest BCUT2D eigenvalue weighted by atomic mass is 31.2.